The Morgan fingerprint density at radius 3 is 2.44 bits per heavy atom. The minimum Gasteiger partial charge on any atom is -0.378 e. The van der Waals surface area contributed by atoms with Crippen molar-refractivity contribution in [2.24, 2.45) is 5.92 Å². The van der Waals surface area contributed by atoms with Crippen molar-refractivity contribution in [2.75, 3.05) is 42.6 Å². The van der Waals surface area contributed by atoms with Crippen molar-refractivity contribution < 1.29 is 27.5 Å². The van der Waals surface area contributed by atoms with Crippen LogP contribution < -0.4 is 9.80 Å². The van der Waals surface area contributed by atoms with Crippen molar-refractivity contribution in [1.82, 2.24) is 0 Å². The highest BCUT2D eigenvalue weighted by molar-refractivity contribution is 6.64. The number of hydrogen-bond donors (Lipinski definition) is 0. The van der Waals surface area contributed by atoms with Crippen LogP contribution >= 0.6 is 11.6 Å². The molecule has 1 atom stereocenters. The van der Waals surface area contributed by atoms with Gasteiger partial charge in [0.15, 0.2) is 0 Å². The van der Waals surface area contributed by atoms with Crippen LogP contribution in [0.25, 0.3) is 0 Å². The molecule has 0 aromatic heterocycles. The Morgan fingerprint density at radius 2 is 1.88 bits per heavy atom. The molecule has 0 bridgehead atoms. The number of alkyl halides is 3. The molecule has 5 nitrogen and oxygen atoms in total. The zero-order valence-corrected chi connectivity index (χ0v) is 13.9. The summed E-state index contributed by atoms with van der Waals surface area (Å²) in [5.74, 6) is -1.12. The Hall–Kier alpha value is -1.80. The first kappa shape index (κ1) is 18.0. The van der Waals surface area contributed by atoms with Gasteiger partial charge in [-0.05, 0) is 29.8 Å². The first-order valence-electron chi connectivity index (χ1n) is 7.81. The van der Waals surface area contributed by atoms with Crippen LogP contribution in [-0.2, 0) is 20.5 Å². The zero-order valence-electron chi connectivity index (χ0n) is 13.2. The lowest BCUT2D eigenvalue weighted by Crippen LogP contribution is -2.38. The predicted molar refractivity (Wildman–Crippen MR) is 85.8 cm³/mol. The maximum Gasteiger partial charge on any atom is 0.416 e. The van der Waals surface area contributed by atoms with Crippen molar-refractivity contribution >= 4 is 34.1 Å². The molecule has 9 heteroatoms. The lowest BCUT2D eigenvalue weighted by molar-refractivity contribution is -0.137. The van der Waals surface area contributed by atoms with Gasteiger partial charge in [0, 0.05) is 26.1 Å². The molecule has 0 N–H and O–H groups in total. The second kappa shape index (κ2) is 6.84. The largest absolute Gasteiger partial charge is 0.416 e. The first-order valence-corrected chi connectivity index (χ1v) is 8.19. The summed E-state index contributed by atoms with van der Waals surface area (Å²) in [4.78, 5) is 26.7. The number of anilines is 2. The van der Waals surface area contributed by atoms with Crippen LogP contribution in [0.2, 0.25) is 0 Å². The second-order valence-electron chi connectivity index (χ2n) is 6.01. The molecular formula is C16H16ClF3N2O3. The van der Waals surface area contributed by atoms with Gasteiger partial charge in [-0.25, -0.2) is 0 Å². The lowest BCUT2D eigenvalue weighted by atomic mass is 10.1. The van der Waals surface area contributed by atoms with Crippen molar-refractivity contribution in [3.63, 3.8) is 0 Å². The number of hydrogen-bond acceptors (Lipinski definition) is 4. The molecule has 0 saturated carbocycles. The number of morpholine rings is 1. The molecule has 1 aromatic rings. The summed E-state index contributed by atoms with van der Waals surface area (Å²) in [6, 6.07) is 3.33. The molecule has 2 aliphatic rings. The van der Waals surface area contributed by atoms with E-state index < -0.39 is 28.8 Å². The Bertz CT molecular complexity index is 690. The van der Waals surface area contributed by atoms with Gasteiger partial charge in [-0.3, -0.25) is 9.59 Å². The average molecular weight is 377 g/mol. The molecule has 2 heterocycles. The minimum absolute atomic E-state index is 0.0141. The monoisotopic (exact) mass is 376 g/mol. The molecule has 2 aliphatic heterocycles. The normalized spacial score (nSPS) is 21.8. The van der Waals surface area contributed by atoms with Gasteiger partial charge in [-0.15, -0.1) is 0 Å². The fraction of sp³-hybridized carbons (Fsp3) is 0.500. The number of rotatable bonds is 3. The molecule has 1 aromatic carbocycles. The fourth-order valence-corrected chi connectivity index (χ4v) is 3.23. The van der Waals surface area contributed by atoms with Gasteiger partial charge in [0.25, 0.3) is 0 Å². The highest BCUT2D eigenvalue weighted by Crippen LogP contribution is 2.39. The highest BCUT2D eigenvalue weighted by atomic mass is 35.5. The Labute approximate surface area is 147 Å². The maximum atomic E-state index is 13.1. The Morgan fingerprint density at radius 1 is 1.20 bits per heavy atom. The molecule has 0 radical (unpaired) electrons. The van der Waals surface area contributed by atoms with E-state index in [9.17, 15) is 22.8 Å². The van der Waals surface area contributed by atoms with E-state index in [0.717, 1.165) is 12.1 Å². The summed E-state index contributed by atoms with van der Waals surface area (Å²) in [5, 5.41) is -0.657. The van der Waals surface area contributed by atoms with E-state index in [1.54, 1.807) is 0 Å². The van der Waals surface area contributed by atoms with Gasteiger partial charge in [-0.1, -0.05) is 0 Å². The molecule has 0 unspecified atom stereocenters. The van der Waals surface area contributed by atoms with Crippen molar-refractivity contribution in [3.8, 4) is 0 Å². The predicted octanol–water partition coefficient (Wildman–Crippen LogP) is 2.66. The second-order valence-corrected chi connectivity index (χ2v) is 6.38. The summed E-state index contributed by atoms with van der Waals surface area (Å²) < 4.78 is 44.6. The summed E-state index contributed by atoms with van der Waals surface area (Å²) in [5.41, 5.74) is -0.164. The third-order valence-electron chi connectivity index (χ3n) is 4.39. The molecular weight excluding hydrogens is 361 g/mol. The minimum atomic E-state index is -4.53. The van der Waals surface area contributed by atoms with Gasteiger partial charge in [-0.2, -0.15) is 13.2 Å². The van der Waals surface area contributed by atoms with Gasteiger partial charge in [0.05, 0.1) is 36.1 Å². The number of carbonyl (C=O) groups is 2. The van der Waals surface area contributed by atoms with Crippen LogP contribution in [0.4, 0.5) is 24.5 Å². The van der Waals surface area contributed by atoms with Gasteiger partial charge < -0.3 is 14.5 Å². The summed E-state index contributed by atoms with van der Waals surface area (Å²) >= 11 is 5.47. The van der Waals surface area contributed by atoms with E-state index in [2.05, 4.69) is 0 Å². The van der Waals surface area contributed by atoms with Crippen molar-refractivity contribution in [3.05, 3.63) is 23.8 Å². The fourth-order valence-electron chi connectivity index (χ4n) is 3.08. The van der Waals surface area contributed by atoms with Crippen molar-refractivity contribution in [2.45, 2.75) is 12.6 Å². The van der Waals surface area contributed by atoms with E-state index in [1.807, 2.05) is 4.90 Å². The maximum absolute atomic E-state index is 13.1. The molecule has 0 aliphatic carbocycles. The molecule has 0 spiro atoms. The quantitative estimate of drug-likeness (QED) is 0.761. The highest BCUT2D eigenvalue weighted by Gasteiger charge is 2.38. The topological polar surface area (TPSA) is 49.9 Å². The Balaban J connectivity index is 2.01. The number of ether oxygens (including phenoxy) is 1. The van der Waals surface area contributed by atoms with E-state index in [4.69, 9.17) is 16.3 Å². The zero-order chi connectivity index (χ0) is 18.2. The Kier molecular flexibility index (Phi) is 4.92. The standard InChI is InChI=1S/C16H16ClF3N2O3/c17-15(24)10-7-14(23)22(9-10)13-8-11(16(18,19)20)1-2-12(13)21-3-5-25-6-4-21/h1-2,8,10H,3-7,9H2/t10-/m0/s1. The molecule has 136 valence electrons. The summed E-state index contributed by atoms with van der Waals surface area (Å²) in [6.45, 7) is 1.92. The van der Waals surface area contributed by atoms with E-state index in [0.29, 0.717) is 32.0 Å². The van der Waals surface area contributed by atoms with E-state index in [-0.39, 0.29) is 18.7 Å². The third-order valence-corrected chi connectivity index (χ3v) is 4.70. The summed E-state index contributed by atoms with van der Waals surface area (Å²) in [6.07, 6.45) is -4.62. The van der Waals surface area contributed by atoms with Crippen LogP contribution in [0.5, 0.6) is 0 Å². The number of amides is 1. The SMILES string of the molecule is O=C(Cl)[C@H]1CC(=O)N(c2cc(C(F)(F)F)ccc2N2CCOCC2)C1. The van der Waals surface area contributed by atoms with Gasteiger partial charge >= 0.3 is 6.18 Å². The van der Waals surface area contributed by atoms with Crippen LogP contribution in [0.3, 0.4) is 0 Å². The summed E-state index contributed by atoms with van der Waals surface area (Å²) in [7, 11) is 0. The first-order chi connectivity index (χ1) is 11.8. The third kappa shape index (κ3) is 3.74. The van der Waals surface area contributed by atoms with E-state index in [1.165, 1.54) is 11.0 Å². The van der Waals surface area contributed by atoms with Gasteiger partial charge in [0.1, 0.15) is 0 Å². The van der Waals surface area contributed by atoms with Crippen molar-refractivity contribution in [1.29, 1.82) is 0 Å². The molecule has 2 saturated heterocycles. The number of halogens is 4. The number of nitrogens with zero attached hydrogens (tertiary/aromatic N) is 2. The lowest BCUT2D eigenvalue weighted by Gasteiger charge is -2.33. The smallest absolute Gasteiger partial charge is 0.378 e. The number of benzene rings is 1. The van der Waals surface area contributed by atoms with Gasteiger partial charge in [0.2, 0.25) is 11.1 Å². The van der Waals surface area contributed by atoms with Crippen LogP contribution in [0, 0.1) is 5.92 Å². The molecule has 2 fully saturated rings. The average Bonchev–Trinajstić information content (AvgIpc) is 2.96. The van der Waals surface area contributed by atoms with E-state index >= 15 is 0 Å². The molecule has 3 rings (SSSR count). The van der Waals surface area contributed by atoms with Crippen LogP contribution in [-0.4, -0.2) is 44.0 Å². The molecule has 25 heavy (non-hydrogen) atoms. The number of carbonyl (C=O) groups excluding carboxylic acids is 2. The van der Waals surface area contributed by atoms with Crippen LogP contribution in [0.1, 0.15) is 12.0 Å². The molecule has 1 amide bonds. The van der Waals surface area contributed by atoms with Crippen LogP contribution in [0.15, 0.2) is 18.2 Å².